The Kier molecular flexibility index (Phi) is 4.88. The maximum atomic E-state index is 12.9. The molecule has 0 aliphatic rings. The molecule has 148 valence electrons. The summed E-state index contributed by atoms with van der Waals surface area (Å²) in [6, 6.07) is 18.1. The van der Waals surface area contributed by atoms with Gasteiger partial charge in [-0.3, -0.25) is 0 Å². The molecule has 29 heavy (non-hydrogen) atoms. The monoisotopic (exact) mass is 398 g/mol. The summed E-state index contributed by atoms with van der Waals surface area (Å²) in [5, 5.41) is 0. The van der Waals surface area contributed by atoms with E-state index in [2.05, 4.69) is 9.97 Å². The zero-order valence-electron chi connectivity index (χ0n) is 15.5. The molecule has 7 heteroatoms. The van der Waals surface area contributed by atoms with Gasteiger partial charge in [0.15, 0.2) is 11.5 Å². The average Bonchev–Trinajstić information content (AvgIpc) is 3.16. The first-order valence-electron chi connectivity index (χ1n) is 8.86. The van der Waals surface area contributed by atoms with E-state index >= 15 is 0 Å². The first-order valence-corrected chi connectivity index (χ1v) is 8.86. The molecular formula is C22H17F3N2O2. The van der Waals surface area contributed by atoms with Gasteiger partial charge in [-0.1, -0.05) is 24.3 Å². The van der Waals surface area contributed by atoms with Crippen molar-refractivity contribution in [2.24, 2.45) is 0 Å². The number of alkyl halides is 3. The fourth-order valence-electron chi connectivity index (χ4n) is 3.02. The summed E-state index contributed by atoms with van der Waals surface area (Å²) in [7, 11) is 1.51. The van der Waals surface area contributed by atoms with Gasteiger partial charge < -0.3 is 14.5 Å². The number of nitrogens with zero attached hydrogens (tertiary/aromatic N) is 1. The molecule has 0 bridgehead atoms. The summed E-state index contributed by atoms with van der Waals surface area (Å²) in [6.45, 7) is -0.0239. The maximum Gasteiger partial charge on any atom is 0.416 e. The highest BCUT2D eigenvalue weighted by Gasteiger charge is 2.30. The van der Waals surface area contributed by atoms with E-state index in [1.54, 1.807) is 18.2 Å². The molecule has 4 rings (SSSR count). The number of aromatic amines is 1. The molecule has 3 aromatic carbocycles. The van der Waals surface area contributed by atoms with Crippen molar-refractivity contribution in [2.45, 2.75) is 12.8 Å². The Bertz CT molecular complexity index is 1120. The molecule has 4 nitrogen and oxygen atoms in total. The molecule has 0 spiro atoms. The number of H-pyrrole nitrogens is 1. The molecule has 0 radical (unpaired) electrons. The van der Waals surface area contributed by atoms with Crippen LogP contribution in [0.4, 0.5) is 13.2 Å². The Labute approximate surface area is 164 Å². The number of methoxy groups -OCH3 is 1. The third-order valence-electron chi connectivity index (χ3n) is 4.48. The average molecular weight is 398 g/mol. The molecule has 0 unspecified atom stereocenters. The van der Waals surface area contributed by atoms with Crippen LogP contribution in [0.25, 0.3) is 22.4 Å². The number of hydrogen-bond acceptors (Lipinski definition) is 3. The predicted octanol–water partition coefficient (Wildman–Crippen LogP) is 5.84. The molecule has 0 amide bonds. The largest absolute Gasteiger partial charge is 0.493 e. The van der Waals surface area contributed by atoms with Crippen molar-refractivity contribution < 1.29 is 22.6 Å². The second-order valence-electron chi connectivity index (χ2n) is 6.46. The van der Waals surface area contributed by atoms with Gasteiger partial charge in [-0.05, 0) is 48.0 Å². The van der Waals surface area contributed by atoms with Gasteiger partial charge in [-0.25, -0.2) is 4.98 Å². The molecule has 0 saturated carbocycles. The Morgan fingerprint density at radius 2 is 1.76 bits per heavy atom. The van der Waals surface area contributed by atoms with Crippen molar-refractivity contribution in [3.8, 4) is 22.9 Å². The van der Waals surface area contributed by atoms with Crippen LogP contribution in [0.5, 0.6) is 11.5 Å². The molecule has 0 atom stereocenters. The van der Waals surface area contributed by atoms with Gasteiger partial charge in [0.25, 0.3) is 0 Å². The Hall–Kier alpha value is -3.48. The number of benzene rings is 3. The van der Waals surface area contributed by atoms with Crippen LogP contribution in [-0.4, -0.2) is 17.1 Å². The Morgan fingerprint density at radius 1 is 0.931 bits per heavy atom. The van der Waals surface area contributed by atoms with E-state index in [0.29, 0.717) is 22.9 Å². The number of nitrogens with one attached hydrogen (secondary N) is 1. The standard InChI is InChI=1S/C22H17F3N2O2/c1-28-19-10-9-15(21-26-17-7-2-3-8-18(17)27-21)12-20(19)29-13-14-5-4-6-16(11-14)22(23,24)25/h2-12H,13H2,1H3,(H,26,27). The van der Waals surface area contributed by atoms with E-state index in [1.807, 2.05) is 30.3 Å². The topological polar surface area (TPSA) is 47.1 Å². The van der Waals surface area contributed by atoms with Gasteiger partial charge in [-0.15, -0.1) is 0 Å². The van der Waals surface area contributed by atoms with Gasteiger partial charge in [0.1, 0.15) is 12.4 Å². The van der Waals surface area contributed by atoms with E-state index in [1.165, 1.54) is 13.2 Å². The van der Waals surface area contributed by atoms with Gasteiger partial charge in [-0.2, -0.15) is 13.2 Å². The van der Waals surface area contributed by atoms with Crippen molar-refractivity contribution >= 4 is 11.0 Å². The minimum Gasteiger partial charge on any atom is -0.493 e. The highest BCUT2D eigenvalue weighted by atomic mass is 19.4. The van der Waals surface area contributed by atoms with Crippen molar-refractivity contribution in [1.29, 1.82) is 0 Å². The van der Waals surface area contributed by atoms with Crippen LogP contribution in [0.1, 0.15) is 11.1 Å². The number of rotatable bonds is 5. The quantitative estimate of drug-likeness (QED) is 0.460. The molecule has 4 aromatic rings. The fraction of sp³-hybridized carbons (Fsp3) is 0.136. The minimum atomic E-state index is -4.39. The lowest BCUT2D eigenvalue weighted by molar-refractivity contribution is -0.137. The predicted molar refractivity (Wildman–Crippen MR) is 104 cm³/mol. The van der Waals surface area contributed by atoms with Gasteiger partial charge in [0, 0.05) is 5.56 Å². The van der Waals surface area contributed by atoms with Crippen LogP contribution in [0.2, 0.25) is 0 Å². The molecule has 1 heterocycles. The smallest absolute Gasteiger partial charge is 0.416 e. The third-order valence-corrected chi connectivity index (χ3v) is 4.48. The van der Waals surface area contributed by atoms with Crippen molar-refractivity contribution in [3.05, 3.63) is 77.9 Å². The number of para-hydroxylation sites is 2. The summed E-state index contributed by atoms with van der Waals surface area (Å²) >= 11 is 0. The minimum absolute atomic E-state index is 0.0239. The molecule has 0 aliphatic carbocycles. The van der Waals surface area contributed by atoms with E-state index in [4.69, 9.17) is 9.47 Å². The Morgan fingerprint density at radius 3 is 2.52 bits per heavy atom. The molecule has 1 aromatic heterocycles. The van der Waals surface area contributed by atoms with Gasteiger partial charge in [0.05, 0.1) is 23.7 Å². The number of imidazole rings is 1. The van der Waals surface area contributed by atoms with Crippen molar-refractivity contribution in [2.75, 3.05) is 7.11 Å². The van der Waals surface area contributed by atoms with Crippen molar-refractivity contribution in [1.82, 2.24) is 9.97 Å². The summed E-state index contributed by atoms with van der Waals surface area (Å²) < 4.78 is 49.8. The van der Waals surface area contributed by atoms with Crippen LogP contribution < -0.4 is 9.47 Å². The number of hydrogen-bond donors (Lipinski definition) is 1. The van der Waals surface area contributed by atoms with Gasteiger partial charge >= 0.3 is 6.18 Å². The van der Waals surface area contributed by atoms with Crippen LogP contribution >= 0.6 is 0 Å². The second kappa shape index (κ2) is 7.50. The maximum absolute atomic E-state index is 12.9. The SMILES string of the molecule is COc1ccc(-c2nc3ccccc3[nH]2)cc1OCc1cccc(C(F)(F)F)c1. The second-order valence-corrected chi connectivity index (χ2v) is 6.46. The molecule has 0 aliphatic heterocycles. The fourth-order valence-corrected chi connectivity index (χ4v) is 3.02. The number of halogens is 3. The van der Waals surface area contributed by atoms with Crippen LogP contribution in [0.3, 0.4) is 0 Å². The van der Waals surface area contributed by atoms with Crippen LogP contribution in [0.15, 0.2) is 66.7 Å². The molecule has 0 fully saturated rings. The number of fused-ring (bicyclic) bond motifs is 1. The summed E-state index contributed by atoms with van der Waals surface area (Å²) in [5.74, 6) is 1.57. The summed E-state index contributed by atoms with van der Waals surface area (Å²) in [4.78, 5) is 7.80. The first kappa shape index (κ1) is 18.9. The highest BCUT2D eigenvalue weighted by molar-refractivity contribution is 5.79. The normalized spacial score (nSPS) is 11.6. The Balaban J connectivity index is 1.61. The lowest BCUT2D eigenvalue weighted by Gasteiger charge is -2.13. The molecular weight excluding hydrogens is 381 g/mol. The lowest BCUT2D eigenvalue weighted by atomic mass is 10.1. The van der Waals surface area contributed by atoms with Crippen LogP contribution in [0, 0.1) is 0 Å². The third kappa shape index (κ3) is 4.03. The van der Waals surface area contributed by atoms with E-state index < -0.39 is 11.7 Å². The van der Waals surface area contributed by atoms with E-state index in [0.717, 1.165) is 28.7 Å². The van der Waals surface area contributed by atoms with Crippen LogP contribution in [-0.2, 0) is 12.8 Å². The number of ether oxygens (including phenoxy) is 2. The lowest BCUT2D eigenvalue weighted by Crippen LogP contribution is -2.06. The highest BCUT2D eigenvalue weighted by Crippen LogP contribution is 2.34. The van der Waals surface area contributed by atoms with E-state index in [9.17, 15) is 13.2 Å². The van der Waals surface area contributed by atoms with Crippen molar-refractivity contribution in [3.63, 3.8) is 0 Å². The molecule has 1 N–H and O–H groups in total. The molecule has 0 saturated heterocycles. The zero-order chi connectivity index (χ0) is 20.4. The number of aromatic nitrogens is 2. The zero-order valence-corrected chi connectivity index (χ0v) is 15.5. The van der Waals surface area contributed by atoms with E-state index in [-0.39, 0.29) is 6.61 Å². The summed E-state index contributed by atoms with van der Waals surface area (Å²) in [6.07, 6.45) is -4.39. The first-order chi connectivity index (χ1) is 13.9. The summed E-state index contributed by atoms with van der Waals surface area (Å²) in [5.41, 5.74) is 2.23. The van der Waals surface area contributed by atoms with Gasteiger partial charge in [0.2, 0.25) is 0 Å².